The molecule has 1 aromatic carbocycles. The van der Waals surface area contributed by atoms with Crippen molar-refractivity contribution in [2.75, 3.05) is 20.3 Å². The molecule has 0 amide bonds. The number of ether oxygens (including phenoxy) is 2. The number of hydrogen-bond acceptors (Lipinski definition) is 4. The van der Waals surface area contributed by atoms with Crippen LogP contribution in [0.2, 0.25) is 5.02 Å². The maximum atomic E-state index is 5.99. The van der Waals surface area contributed by atoms with Gasteiger partial charge in [-0.05, 0) is 25.1 Å². The zero-order valence-electron chi connectivity index (χ0n) is 12.5. The third-order valence-electron chi connectivity index (χ3n) is 3.08. The predicted molar refractivity (Wildman–Crippen MR) is 83.1 cm³/mol. The van der Waals surface area contributed by atoms with Gasteiger partial charge in [0.05, 0.1) is 17.9 Å². The van der Waals surface area contributed by atoms with Gasteiger partial charge in [-0.2, -0.15) is 5.10 Å². The number of aromatic nitrogens is 2. The summed E-state index contributed by atoms with van der Waals surface area (Å²) in [6.45, 7) is 4.10. The molecule has 1 aromatic heterocycles. The quantitative estimate of drug-likeness (QED) is 0.799. The lowest BCUT2D eigenvalue weighted by molar-refractivity contribution is 0.199. The highest BCUT2D eigenvalue weighted by atomic mass is 35.5. The summed E-state index contributed by atoms with van der Waals surface area (Å²) in [5.41, 5.74) is 1.98. The molecule has 0 saturated heterocycles. The van der Waals surface area contributed by atoms with Crippen LogP contribution in [0.4, 0.5) is 0 Å². The molecule has 0 aliphatic carbocycles. The van der Waals surface area contributed by atoms with Gasteiger partial charge in [0.2, 0.25) is 5.88 Å². The van der Waals surface area contributed by atoms with Crippen LogP contribution < -0.4 is 10.1 Å². The standard InChI is InChI=1S/C15H20ClN3O2/c1-11-14(10-17-7-8-20-3)15(19(2)18-11)21-13-6-4-5-12(16)9-13/h4-6,9,17H,7-8,10H2,1-3H3. The van der Waals surface area contributed by atoms with Crippen molar-refractivity contribution in [2.24, 2.45) is 7.05 Å². The van der Waals surface area contributed by atoms with E-state index in [2.05, 4.69) is 10.4 Å². The summed E-state index contributed by atoms with van der Waals surface area (Å²) in [5.74, 6) is 1.42. The fraction of sp³-hybridized carbons (Fsp3) is 0.400. The first-order valence-corrected chi connectivity index (χ1v) is 7.15. The van der Waals surface area contributed by atoms with E-state index in [4.69, 9.17) is 21.1 Å². The van der Waals surface area contributed by atoms with E-state index in [-0.39, 0.29) is 0 Å². The second-order valence-corrected chi connectivity index (χ2v) is 5.16. The summed E-state index contributed by atoms with van der Waals surface area (Å²) in [5, 5.41) is 8.37. The van der Waals surface area contributed by atoms with Crippen molar-refractivity contribution in [1.82, 2.24) is 15.1 Å². The maximum absolute atomic E-state index is 5.99. The van der Waals surface area contributed by atoms with Crippen LogP contribution >= 0.6 is 11.6 Å². The van der Waals surface area contributed by atoms with Crippen LogP contribution in [-0.2, 0) is 18.3 Å². The van der Waals surface area contributed by atoms with Gasteiger partial charge in [0.1, 0.15) is 5.75 Å². The molecule has 0 aliphatic heterocycles. The van der Waals surface area contributed by atoms with Crippen molar-refractivity contribution in [3.05, 3.63) is 40.5 Å². The average molecular weight is 310 g/mol. The van der Waals surface area contributed by atoms with Gasteiger partial charge in [-0.1, -0.05) is 17.7 Å². The molecule has 2 rings (SSSR count). The number of halogens is 1. The Hall–Kier alpha value is -1.56. The van der Waals surface area contributed by atoms with Gasteiger partial charge in [-0.25, -0.2) is 4.68 Å². The number of hydrogen-bond donors (Lipinski definition) is 1. The fourth-order valence-corrected chi connectivity index (χ4v) is 2.22. The molecule has 0 unspecified atom stereocenters. The maximum Gasteiger partial charge on any atom is 0.222 e. The SMILES string of the molecule is COCCNCc1c(C)nn(C)c1Oc1cccc(Cl)c1. The normalized spacial score (nSPS) is 10.9. The van der Waals surface area contributed by atoms with Gasteiger partial charge >= 0.3 is 0 Å². The average Bonchev–Trinajstić information content (AvgIpc) is 2.70. The van der Waals surface area contributed by atoms with Crippen molar-refractivity contribution >= 4 is 11.6 Å². The first-order chi connectivity index (χ1) is 10.1. The molecule has 0 atom stereocenters. The highest BCUT2D eigenvalue weighted by molar-refractivity contribution is 6.30. The van der Waals surface area contributed by atoms with Crippen molar-refractivity contribution in [3.8, 4) is 11.6 Å². The summed E-state index contributed by atoms with van der Waals surface area (Å²) >= 11 is 5.99. The molecule has 0 radical (unpaired) electrons. The van der Waals surface area contributed by atoms with Gasteiger partial charge in [0.15, 0.2) is 0 Å². The van der Waals surface area contributed by atoms with Crippen LogP contribution in [0.1, 0.15) is 11.3 Å². The molecule has 0 bridgehead atoms. The van der Waals surface area contributed by atoms with Crippen LogP contribution in [0.5, 0.6) is 11.6 Å². The van der Waals surface area contributed by atoms with Gasteiger partial charge in [-0.15, -0.1) is 0 Å². The molecule has 1 N–H and O–H groups in total. The van der Waals surface area contributed by atoms with E-state index in [1.165, 1.54) is 0 Å². The molecule has 0 fully saturated rings. The number of aryl methyl sites for hydroxylation is 2. The predicted octanol–water partition coefficient (Wildman–Crippen LogP) is 2.91. The number of methoxy groups -OCH3 is 1. The Balaban J connectivity index is 2.14. The Morgan fingerprint density at radius 3 is 2.90 bits per heavy atom. The lowest BCUT2D eigenvalue weighted by Gasteiger charge is -2.10. The molecule has 0 spiro atoms. The first kappa shape index (κ1) is 15.8. The fourth-order valence-electron chi connectivity index (χ4n) is 2.04. The lowest BCUT2D eigenvalue weighted by atomic mass is 10.2. The molecule has 5 nitrogen and oxygen atoms in total. The van der Waals surface area contributed by atoms with Crippen molar-refractivity contribution in [2.45, 2.75) is 13.5 Å². The minimum atomic E-state index is 0.645. The van der Waals surface area contributed by atoms with E-state index in [1.807, 2.05) is 32.2 Å². The third kappa shape index (κ3) is 4.20. The Bertz CT molecular complexity index is 599. The van der Waals surface area contributed by atoms with Crippen molar-refractivity contribution in [1.29, 1.82) is 0 Å². The number of rotatable bonds is 7. The minimum Gasteiger partial charge on any atom is -0.439 e. The molecule has 0 aliphatic rings. The molecule has 21 heavy (non-hydrogen) atoms. The summed E-state index contributed by atoms with van der Waals surface area (Å²) in [6, 6.07) is 7.33. The monoisotopic (exact) mass is 309 g/mol. The van der Waals surface area contributed by atoms with Gasteiger partial charge in [0.25, 0.3) is 0 Å². The molecule has 114 valence electrons. The molecular formula is C15H20ClN3O2. The largest absolute Gasteiger partial charge is 0.439 e. The van der Waals surface area contributed by atoms with Crippen LogP contribution in [-0.4, -0.2) is 30.0 Å². The zero-order chi connectivity index (χ0) is 15.2. The Labute approximate surface area is 129 Å². The van der Waals surface area contributed by atoms with E-state index in [0.29, 0.717) is 23.9 Å². The topological polar surface area (TPSA) is 48.3 Å². The van der Waals surface area contributed by atoms with E-state index in [0.717, 1.165) is 23.7 Å². The smallest absolute Gasteiger partial charge is 0.222 e. The van der Waals surface area contributed by atoms with E-state index >= 15 is 0 Å². The molecular weight excluding hydrogens is 290 g/mol. The number of benzene rings is 1. The first-order valence-electron chi connectivity index (χ1n) is 6.77. The van der Waals surface area contributed by atoms with E-state index in [1.54, 1.807) is 17.9 Å². The lowest BCUT2D eigenvalue weighted by Crippen LogP contribution is -2.19. The Morgan fingerprint density at radius 1 is 1.38 bits per heavy atom. The number of nitrogens with one attached hydrogen (secondary N) is 1. The zero-order valence-corrected chi connectivity index (χ0v) is 13.3. The summed E-state index contributed by atoms with van der Waals surface area (Å²) in [7, 11) is 3.55. The van der Waals surface area contributed by atoms with Gasteiger partial charge in [0, 0.05) is 32.3 Å². The van der Waals surface area contributed by atoms with Crippen LogP contribution in [0.3, 0.4) is 0 Å². The summed E-state index contributed by atoms with van der Waals surface area (Å²) < 4.78 is 12.7. The molecule has 1 heterocycles. The second kappa shape index (κ2) is 7.45. The summed E-state index contributed by atoms with van der Waals surface area (Å²) in [6.07, 6.45) is 0. The van der Waals surface area contributed by atoms with Crippen LogP contribution in [0.25, 0.3) is 0 Å². The van der Waals surface area contributed by atoms with Crippen molar-refractivity contribution < 1.29 is 9.47 Å². The molecule has 2 aromatic rings. The molecule has 0 saturated carbocycles. The van der Waals surface area contributed by atoms with E-state index < -0.39 is 0 Å². The van der Waals surface area contributed by atoms with Gasteiger partial charge in [-0.3, -0.25) is 0 Å². The number of nitrogens with zero attached hydrogens (tertiary/aromatic N) is 2. The Kier molecular flexibility index (Phi) is 5.61. The van der Waals surface area contributed by atoms with Crippen molar-refractivity contribution in [3.63, 3.8) is 0 Å². The highest BCUT2D eigenvalue weighted by Gasteiger charge is 2.15. The third-order valence-corrected chi connectivity index (χ3v) is 3.32. The van der Waals surface area contributed by atoms with E-state index in [9.17, 15) is 0 Å². The van der Waals surface area contributed by atoms with Gasteiger partial charge < -0.3 is 14.8 Å². The Morgan fingerprint density at radius 2 is 2.19 bits per heavy atom. The summed E-state index contributed by atoms with van der Waals surface area (Å²) in [4.78, 5) is 0. The molecule has 6 heteroatoms. The minimum absolute atomic E-state index is 0.645. The van der Waals surface area contributed by atoms with Crippen LogP contribution in [0.15, 0.2) is 24.3 Å². The highest BCUT2D eigenvalue weighted by Crippen LogP contribution is 2.28. The van der Waals surface area contributed by atoms with Crippen LogP contribution in [0, 0.1) is 6.92 Å². The second-order valence-electron chi connectivity index (χ2n) is 4.72.